The Morgan fingerprint density at radius 2 is 2.31 bits per heavy atom. The van der Waals surface area contributed by atoms with Crippen LogP contribution in [0.25, 0.3) is 0 Å². The lowest BCUT2D eigenvalue weighted by molar-refractivity contribution is 0.170. The van der Waals surface area contributed by atoms with Crippen LogP contribution in [0.1, 0.15) is 29.9 Å². The molecule has 0 radical (unpaired) electrons. The molecule has 1 aromatic heterocycles. The number of nitrogens with zero attached hydrogens (tertiary/aromatic N) is 2. The zero-order valence-electron chi connectivity index (χ0n) is 10.2. The molecule has 1 saturated heterocycles. The fourth-order valence-corrected chi connectivity index (χ4v) is 2.44. The van der Waals surface area contributed by atoms with E-state index in [-0.39, 0.29) is 0 Å². The van der Waals surface area contributed by atoms with Gasteiger partial charge in [-0.2, -0.15) is 0 Å². The third-order valence-electron chi connectivity index (χ3n) is 3.50. The normalized spacial score (nSPS) is 22.6. The summed E-state index contributed by atoms with van der Waals surface area (Å²) >= 11 is 0. The van der Waals surface area contributed by atoms with Crippen LogP contribution in [0.3, 0.4) is 0 Å². The standard InChI is InChI=1S/C12H21N3O/c1-9-12(10(2)16-14-9)8-15-5-3-4-11(6-13)7-15/h11H,3-8,13H2,1-2H3/t11-/m1/s1. The van der Waals surface area contributed by atoms with Gasteiger partial charge in [0, 0.05) is 18.7 Å². The Morgan fingerprint density at radius 1 is 1.50 bits per heavy atom. The number of hydrogen-bond donors (Lipinski definition) is 1. The summed E-state index contributed by atoms with van der Waals surface area (Å²) < 4.78 is 5.19. The molecule has 1 aromatic rings. The van der Waals surface area contributed by atoms with Gasteiger partial charge in [-0.05, 0) is 45.7 Å². The number of likely N-dealkylation sites (tertiary alicyclic amines) is 1. The number of rotatable bonds is 3. The Morgan fingerprint density at radius 3 is 2.94 bits per heavy atom. The fourth-order valence-electron chi connectivity index (χ4n) is 2.44. The van der Waals surface area contributed by atoms with Crippen LogP contribution in [0.2, 0.25) is 0 Å². The van der Waals surface area contributed by atoms with Crippen LogP contribution in [0.4, 0.5) is 0 Å². The monoisotopic (exact) mass is 223 g/mol. The summed E-state index contributed by atoms with van der Waals surface area (Å²) in [7, 11) is 0. The first kappa shape index (κ1) is 11.6. The van der Waals surface area contributed by atoms with Gasteiger partial charge in [-0.3, -0.25) is 4.90 Å². The van der Waals surface area contributed by atoms with Gasteiger partial charge in [0.2, 0.25) is 0 Å². The van der Waals surface area contributed by atoms with Gasteiger partial charge in [-0.1, -0.05) is 5.16 Å². The maximum Gasteiger partial charge on any atom is 0.138 e. The Hall–Kier alpha value is -0.870. The van der Waals surface area contributed by atoms with E-state index in [0.29, 0.717) is 5.92 Å². The van der Waals surface area contributed by atoms with Crippen molar-refractivity contribution >= 4 is 0 Å². The Kier molecular flexibility index (Phi) is 3.61. The summed E-state index contributed by atoms with van der Waals surface area (Å²) in [6.45, 7) is 8.03. The number of nitrogens with two attached hydrogens (primary N) is 1. The van der Waals surface area contributed by atoms with Crippen molar-refractivity contribution in [2.24, 2.45) is 11.7 Å². The van der Waals surface area contributed by atoms with Crippen molar-refractivity contribution < 1.29 is 4.52 Å². The minimum Gasteiger partial charge on any atom is -0.361 e. The second kappa shape index (κ2) is 4.97. The number of piperidine rings is 1. The first-order valence-corrected chi connectivity index (χ1v) is 6.05. The quantitative estimate of drug-likeness (QED) is 0.843. The zero-order chi connectivity index (χ0) is 11.5. The van der Waals surface area contributed by atoms with Crippen molar-refractivity contribution in [3.05, 3.63) is 17.0 Å². The molecule has 0 unspecified atom stereocenters. The Labute approximate surface area is 96.8 Å². The molecule has 1 fully saturated rings. The molecule has 2 rings (SSSR count). The van der Waals surface area contributed by atoms with E-state index in [4.69, 9.17) is 10.3 Å². The fraction of sp³-hybridized carbons (Fsp3) is 0.750. The lowest BCUT2D eigenvalue weighted by Gasteiger charge is -2.31. The lowest BCUT2D eigenvalue weighted by atomic mass is 9.98. The highest BCUT2D eigenvalue weighted by molar-refractivity contribution is 5.20. The molecule has 4 heteroatoms. The summed E-state index contributed by atoms with van der Waals surface area (Å²) in [5.41, 5.74) is 8.01. The van der Waals surface area contributed by atoms with E-state index in [0.717, 1.165) is 31.1 Å². The van der Waals surface area contributed by atoms with E-state index in [1.807, 2.05) is 13.8 Å². The van der Waals surface area contributed by atoms with Gasteiger partial charge in [-0.15, -0.1) is 0 Å². The third kappa shape index (κ3) is 2.44. The number of aryl methyl sites for hydroxylation is 2. The van der Waals surface area contributed by atoms with Crippen LogP contribution in [-0.2, 0) is 6.54 Å². The smallest absolute Gasteiger partial charge is 0.138 e. The van der Waals surface area contributed by atoms with Crippen LogP contribution >= 0.6 is 0 Å². The van der Waals surface area contributed by atoms with Gasteiger partial charge in [0.05, 0.1) is 5.69 Å². The molecule has 2 N–H and O–H groups in total. The second-order valence-corrected chi connectivity index (χ2v) is 4.78. The summed E-state index contributed by atoms with van der Waals surface area (Å²) in [6, 6.07) is 0. The highest BCUT2D eigenvalue weighted by Gasteiger charge is 2.21. The number of hydrogen-bond acceptors (Lipinski definition) is 4. The molecule has 90 valence electrons. The molecule has 16 heavy (non-hydrogen) atoms. The van der Waals surface area contributed by atoms with Crippen LogP contribution in [-0.4, -0.2) is 29.7 Å². The summed E-state index contributed by atoms with van der Waals surface area (Å²) in [6.07, 6.45) is 2.53. The summed E-state index contributed by atoms with van der Waals surface area (Å²) in [5, 5.41) is 3.99. The van der Waals surface area contributed by atoms with Gasteiger partial charge in [-0.25, -0.2) is 0 Å². The molecule has 4 nitrogen and oxygen atoms in total. The van der Waals surface area contributed by atoms with Crippen molar-refractivity contribution in [1.29, 1.82) is 0 Å². The van der Waals surface area contributed by atoms with E-state index in [9.17, 15) is 0 Å². The SMILES string of the molecule is Cc1noc(C)c1CN1CCC[C@H](CN)C1. The molecule has 1 aliphatic rings. The molecule has 0 amide bonds. The third-order valence-corrected chi connectivity index (χ3v) is 3.50. The van der Waals surface area contributed by atoms with Gasteiger partial charge in [0.1, 0.15) is 5.76 Å². The number of aromatic nitrogens is 1. The van der Waals surface area contributed by atoms with Crippen molar-refractivity contribution in [3.8, 4) is 0 Å². The van der Waals surface area contributed by atoms with Gasteiger partial charge < -0.3 is 10.3 Å². The maximum atomic E-state index is 5.74. The highest BCUT2D eigenvalue weighted by Crippen LogP contribution is 2.20. The molecule has 0 spiro atoms. The molecule has 0 bridgehead atoms. The van der Waals surface area contributed by atoms with Gasteiger partial charge in [0.15, 0.2) is 0 Å². The molecule has 0 aliphatic carbocycles. The summed E-state index contributed by atoms with van der Waals surface area (Å²) in [4.78, 5) is 2.47. The zero-order valence-corrected chi connectivity index (χ0v) is 10.2. The van der Waals surface area contributed by atoms with E-state index in [1.54, 1.807) is 0 Å². The highest BCUT2D eigenvalue weighted by atomic mass is 16.5. The van der Waals surface area contributed by atoms with Crippen LogP contribution in [0, 0.1) is 19.8 Å². The lowest BCUT2D eigenvalue weighted by Crippen LogP contribution is -2.38. The molecule has 1 atom stereocenters. The van der Waals surface area contributed by atoms with Crippen molar-refractivity contribution in [1.82, 2.24) is 10.1 Å². The van der Waals surface area contributed by atoms with Crippen molar-refractivity contribution in [2.45, 2.75) is 33.2 Å². The topological polar surface area (TPSA) is 55.3 Å². The van der Waals surface area contributed by atoms with Crippen molar-refractivity contribution in [2.75, 3.05) is 19.6 Å². The predicted octanol–water partition coefficient (Wildman–Crippen LogP) is 1.46. The van der Waals surface area contributed by atoms with E-state index >= 15 is 0 Å². The van der Waals surface area contributed by atoms with Crippen LogP contribution in [0.15, 0.2) is 4.52 Å². The van der Waals surface area contributed by atoms with Gasteiger partial charge in [0.25, 0.3) is 0 Å². The summed E-state index contributed by atoms with van der Waals surface area (Å²) in [5.74, 6) is 1.61. The molecule has 1 aliphatic heterocycles. The van der Waals surface area contributed by atoms with Crippen LogP contribution in [0.5, 0.6) is 0 Å². The Balaban J connectivity index is 1.99. The second-order valence-electron chi connectivity index (χ2n) is 4.78. The Bertz CT molecular complexity index is 329. The first-order valence-electron chi connectivity index (χ1n) is 6.05. The first-order chi connectivity index (χ1) is 7.70. The van der Waals surface area contributed by atoms with Crippen LogP contribution < -0.4 is 5.73 Å². The predicted molar refractivity (Wildman–Crippen MR) is 63.0 cm³/mol. The largest absolute Gasteiger partial charge is 0.361 e. The maximum absolute atomic E-state index is 5.74. The van der Waals surface area contributed by atoms with E-state index in [2.05, 4.69) is 10.1 Å². The van der Waals surface area contributed by atoms with E-state index in [1.165, 1.54) is 24.9 Å². The molecule has 0 saturated carbocycles. The molecular weight excluding hydrogens is 202 g/mol. The average molecular weight is 223 g/mol. The molecule has 2 heterocycles. The molecule has 0 aromatic carbocycles. The van der Waals surface area contributed by atoms with Gasteiger partial charge >= 0.3 is 0 Å². The molecular formula is C12H21N3O. The minimum atomic E-state index is 0.661. The average Bonchev–Trinajstić information content (AvgIpc) is 2.61. The van der Waals surface area contributed by atoms with Crippen molar-refractivity contribution in [3.63, 3.8) is 0 Å². The van der Waals surface area contributed by atoms with E-state index < -0.39 is 0 Å². The minimum absolute atomic E-state index is 0.661.